The number of carbonyl (C=O) groups is 1. The molecule has 2 rings (SSSR count). The molecule has 1 aromatic carbocycles. The molecular weight excluding hydrogens is 519 g/mol. The van der Waals surface area contributed by atoms with Gasteiger partial charge in [-0.3, -0.25) is 4.90 Å². The molecule has 206 valence electrons. The van der Waals surface area contributed by atoms with Crippen LogP contribution in [0.4, 0.5) is 4.79 Å². The molecule has 0 spiro atoms. The van der Waals surface area contributed by atoms with Crippen molar-refractivity contribution < 1.29 is 23.8 Å². The first-order chi connectivity index (χ1) is 16.7. The van der Waals surface area contributed by atoms with Crippen LogP contribution in [0.2, 0.25) is 37.8 Å². The van der Waals surface area contributed by atoms with Gasteiger partial charge < -0.3 is 19.0 Å². The zero-order valence-corrected chi connectivity index (χ0v) is 27.2. The highest BCUT2D eigenvalue weighted by Crippen LogP contribution is 2.51. The van der Waals surface area contributed by atoms with Crippen molar-refractivity contribution in [3.63, 3.8) is 0 Å². The molecule has 0 radical (unpaired) electrons. The summed E-state index contributed by atoms with van der Waals surface area (Å²) in [5.41, 5.74) is 1.70. The number of carboxylic acid groups (broad SMARTS) is 1. The quantitative estimate of drug-likeness (QED) is 0.233. The van der Waals surface area contributed by atoms with Gasteiger partial charge in [0.2, 0.25) is 0 Å². The maximum atomic E-state index is 12.8. The lowest BCUT2D eigenvalue weighted by atomic mass is 9.67. The van der Waals surface area contributed by atoms with E-state index >= 15 is 0 Å². The van der Waals surface area contributed by atoms with Crippen LogP contribution in [0.3, 0.4) is 0 Å². The highest BCUT2D eigenvalue weighted by atomic mass is 32.1. The summed E-state index contributed by atoms with van der Waals surface area (Å²) in [6.07, 6.45) is -1.78. The van der Waals surface area contributed by atoms with Crippen LogP contribution in [-0.4, -0.2) is 62.0 Å². The number of benzene rings is 1. The van der Waals surface area contributed by atoms with Crippen molar-refractivity contribution in [1.29, 1.82) is 0 Å². The zero-order valence-electron chi connectivity index (χ0n) is 24.4. The lowest BCUT2D eigenvalue weighted by Crippen LogP contribution is -2.69. The summed E-state index contributed by atoms with van der Waals surface area (Å²) in [6, 6.07) is 9.17. The third-order valence-corrected chi connectivity index (χ3v) is 12.9. The number of nitrogens with zero attached hydrogens (tertiary/aromatic N) is 1. The van der Waals surface area contributed by atoms with Crippen molar-refractivity contribution in [3.05, 3.63) is 30.3 Å². The molecule has 3 atom stereocenters. The maximum Gasteiger partial charge on any atom is 0.408 e. The van der Waals surface area contributed by atoms with Crippen molar-refractivity contribution in [3.8, 4) is 17.2 Å². The van der Waals surface area contributed by atoms with E-state index < -0.39 is 45.6 Å². The smallest absolute Gasteiger partial charge is 0.408 e. The van der Waals surface area contributed by atoms with Crippen LogP contribution >= 0.6 is 12.2 Å². The summed E-state index contributed by atoms with van der Waals surface area (Å²) in [7, 11) is -4.15. The molecule has 0 saturated carbocycles. The standard InChI is InChI=1S/C28H45NO5SSi2/c1-26(2,3)28(23(17-19-29(28)24(30)31)34-37(10,11)27(4,5)6)22(18-20-36(7,8)9)33-25(35)32-21-15-13-12-14-16-21/h12-16,22-23H,17,19H2,1-11H3,(H,30,31)/t22?,23-,28+/m0/s1. The van der Waals surface area contributed by atoms with Gasteiger partial charge in [0.25, 0.3) is 0 Å². The van der Waals surface area contributed by atoms with E-state index in [1.54, 1.807) is 12.1 Å². The first-order valence-corrected chi connectivity index (χ1v) is 19.7. The van der Waals surface area contributed by atoms with Crippen molar-refractivity contribution >= 4 is 39.9 Å². The summed E-state index contributed by atoms with van der Waals surface area (Å²) < 4.78 is 19.2. The number of ether oxygens (including phenoxy) is 2. The van der Waals surface area contributed by atoms with Crippen molar-refractivity contribution in [2.24, 2.45) is 5.41 Å². The molecular formula is C28H45NO5SSi2. The predicted octanol–water partition coefficient (Wildman–Crippen LogP) is 7.18. The Balaban J connectivity index is 2.71. The summed E-state index contributed by atoms with van der Waals surface area (Å²) in [5.74, 6) is 3.90. The Kier molecular flexibility index (Phi) is 9.40. The molecule has 9 heteroatoms. The molecule has 0 aromatic heterocycles. The first-order valence-electron chi connectivity index (χ1n) is 12.9. The van der Waals surface area contributed by atoms with Gasteiger partial charge in [0.15, 0.2) is 14.4 Å². The zero-order chi connectivity index (χ0) is 28.4. The van der Waals surface area contributed by atoms with Crippen molar-refractivity contribution in [2.75, 3.05) is 6.54 Å². The van der Waals surface area contributed by atoms with Crippen LogP contribution in [0, 0.1) is 16.9 Å². The summed E-state index contributed by atoms with van der Waals surface area (Å²) >= 11 is 5.54. The molecule has 37 heavy (non-hydrogen) atoms. The molecule has 1 aromatic rings. The van der Waals surface area contributed by atoms with E-state index in [9.17, 15) is 9.90 Å². The number of thiocarbonyl (C=S) groups is 1. The van der Waals surface area contributed by atoms with E-state index in [0.717, 1.165) is 0 Å². The summed E-state index contributed by atoms with van der Waals surface area (Å²) in [4.78, 5) is 14.3. The summed E-state index contributed by atoms with van der Waals surface area (Å²) in [5, 5.41) is 10.3. The normalized spacial score (nSPS) is 21.6. The third kappa shape index (κ3) is 7.17. The average molecular weight is 564 g/mol. The Morgan fingerprint density at radius 2 is 1.68 bits per heavy atom. The fraction of sp³-hybridized carbons (Fsp3) is 0.643. The Morgan fingerprint density at radius 1 is 1.11 bits per heavy atom. The largest absolute Gasteiger partial charge is 0.465 e. The molecule has 1 N–H and O–H groups in total. The van der Waals surface area contributed by atoms with Crippen LogP contribution in [-0.2, 0) is 9.16 Å². The molecule has 1 unspecified atom stereocenters. The van der Waals surface area contributed by atoms with Crippen LogP contribution in [0.1, 0.15) is 48.0 Å². The average Bonchev–Trinajstić information content (AvgIpc) is 3.10. The second-order valence-electron chi connectivity index (χ2n) is 13.3. The van der Waals surface area contributed by atoms with Crippen molar-refractivity contribution in [2.45, 2.75) is 103 Å². The van der Waals surface area contributed by atoms with Gasteiger partial charge in [-0.2, -0.15) is 0 Å². The van der Waals surface area contributed by atoms with Gasteiger partial charge in [-0.1, -0.05) is 85.3 Å². The minimum absolute atomic E-state index is 0.0562. The predicted molar refractivity (Wildman–Crippen MR) is 159 cm³/mol. The topological polar surface area (TPSA) is 68.2 Å². The highest BCUT2D eigenvalue weighted by molar-refractivity contribution is 7.79. The molecule has 1 heterocycles. The van der Waals surface area contributed by atoms with Gasteiger partial charge in [-0.25, -0.2) is 4.79 Å². The van der Waals surface area contributed by atoms with E-state index in [0.29, 0.717) is 18.7 Å². The highest BCUT2D eigenvalue weighted by Gasteiger charge is 2.65. The monoisotopic (exact) mass is 563 g/mol. The van der Waals surface area contributed by atoms with Crippen LogP contribution in [0.5, 0.6) is 5.75 Å². The second kappa shape index (κ2) is 11.1. The molecule has 1 aliphatic rings. The number of likely N-dealkylation sites (tertiary alicyclic amines) is 1. The summed E-state index contributed by atoms with van der Waals surface area (Å²) in [6.45, 7) is 23.8. The molecule has 6 nitrogen and oxygen atoms in total. The molecule has 1 saturated heterocycles. The van der Waals surface area contributed by atoms with E-state index in [4.69, 9.17) is 26.1 Å². The number of hydrogen-bond donors (Lipinski definition) is 1. The SMILES string of the molecule is CC(C)(C)[C@@]1(C(C#C[Si](C)(C)C)OC(=S)Oc2ccccc2)[C@@H](O[Si](C)(C)C(C)(C)C)CCN1C(=O)O. The molecule has 1 fully saturated rings. The van der Waals surface area contributed by atoms with Crippen molar-refractivity contribution in [1.82, 2.24) is 4.90 Å². The van der Waals surface area contributed by atoms with Gasteiger partial charge in [-0.15, -0.1) is 5.54 Å². The second-order valence-corrected chi connectivity index (χ2v) is 23.2. The Hall–Kier alpha value is -1.87. The molecule has 0 aliphatic carbocycles. The Morgan fingerprint density at radius 3 is 2.14 bits per heavy atom. The third-order valence-electron chi connectivity index (χ3n) is 7.36. The fourth-order valence-electron chi connectivity index (χ4n) is 4.57. The number of hydrogen-bond acceptors (Lipinski definition) is 5. The molecule has 1 amide bonds. The minimum Gasteiger partial charge on any atom is -0.465 e. The fourth-order valence-corrected chi connectivity index (χ4v) is 6.69. The van der Waals surface area contributed by atoms with Gasteiger partial charge in [0.05, 0.1) is 6.10 Å². The maximum absolute atomic E-state index is 12.8. The van der Waals surface area contributed by atoms with Gasteiger partial charge in [0.1, 0.15) is 19.4 Å². The van der Waals surface area contributed by atoms with E-state index in [2.05, 4.69) is 65.0 Å². The van der Waals surface area contributed by atoms with Gasteiger partial charge >= 0.3 is 11.3 Å². The number of amides is 1. The number of para-hydroxylation sites is 1. The van der Waals surface area contributed by atoms with Crippen LogP contribution in [0.15, 0.2) is 30.3 Å². The minimum atomic E-state index is -2.29. The van der Waals surface area contributed by atoms with Crippen LogP contribution < -0.4 is 4.74 Å². The Bertz CT molecular complexity index is 1030. The lowest BCUT2D eigenvalue weighted by molar-refractivity contribution is -0.0899. The van der Waals surface area contributed by atoms with Gasteiger partial charge in [0, 0.05) is 18.8 Å². The molecule has 1 aliphatic heterocycles. The van der Waals surface area contributed by atoms with Crippen LogP contribution in [0.25, 0.3) is 0 Å². The lowest BCUT2D eigenvalue weighted by Gasteiger charge is -2.54. The number of rotatable bonds is 5. The van der Waals surface area contributed by atoms with Gasteiger partial charge in [-0.05, 0) is 42.1 Å². The Labute approximate surface area is 231 Å². The molecule has 0 bridgehead atoms. The van der Waals surface area contributed by atoms with E-state index in [1.807, 2.05) is 39.0 Å². The van der Waals surface area contributed by atoms with E-state index in [1.165, 1.54) is 4.90 Å². The first kappa shape index (κ1) is 31.4. The van der Waals surface area contributed by atoms with E-state index in [-0.39, 0.29) is 10.3 Å².